The SMILES string of the molecule is COC(=O)c1cc(C2=NOC(c3cc(Cl)c(Cl)c(Cl)c3)(C(F)(F)F)C2)oc1C. The molecule has 28 heavy (non-hydrogen) atoms. The number of alkyl halides is 3. The van der Waals surface area contributed by atoms with E-state index in [1.807, 2.05) is 0 Å². The molecule has 0 spiro atoms. The minimum Gasteiger partial charge on any atom is -0.465 e. The van der Waals surface area contributed by atoms with Gasteiger partial charge in [-0.3, -0.25) is 0 Å². The predicted octanol–water partition coefficient (Wildman–Crippen LogP) is 5.92. The normalized spacial score (nSPS) is 19.4. The van der Waals surface area contributed by atoms with Crippen LogP contribution in [0.2, 0.25) is 15.1 Å². The molecule has 0 saturated heterocycles. The zero-order chi connectivity index (χ0) is 20.9. The Balaban J connectivity index is 2.03. The van der Waals surface area contributed by atoms with Crippen LogP contribution in [0.4, 0.5) is 13.2 Å². The highest BCUT2D eigenvalue weighted by Gasteiger charge is 2.63. The van der Waals surface area contributed by atoms with E-state index in [0.717, 1.165) is 12.1 Å². The molecule has 1 aliphatic rings. The molecule has 0 N–H and O–H groups in total. The summed E-state index contributed by atoms with van der Waals surface area (Å²) >= 11 is 17.6. The molecule has 0 radical (unpaired) electrons. The molecule has 1 aromatic carbocycles. The Morgan fingerprint density at radius 3 is 2.36 bits per heavy atom. The number of halogens is 6. The predicted molar refractivity (Wildman–Crippen MR) is 96.2 cm³/mol. The minimum atomic E-state index is -4.87. The zero-order valence-electron chi connectivity index (χ0n) is 14.3. The number of ether oxygens (including phenoxy) is 1. The minimum absolute atomic E-state index is 0.0461. The molecule has 1 unspecified atom stereocenters. The van der Waals surface area contributed by atoms with E-state index >= 15 is 0 Å². The van der Waals surface area contributed by atoms with Gasteiger partial charge in [0.15, 0.2) is 5.76 Å². The van der Waals surface area contributed by atoms with Gasteiger partial charge in [-0.15, -0.1) is 0 Å². The van der Waals surface area contributed by atoms with Crippen molar-refractivity contribution in [3.05, 3.63) is 55.9 Å². The molecule has 11 heteroatoms. The van der Waals surface area contributed by atoms with E-state index in [0.29, 0.717) is 0 Å². The summed E-state index contributed by atoms with van der Waals surface area (Å²) in [5.74, 6) is -0.563. The molecule has 2 aromatic rings. The van der Waals surface area contributed by atoms with Crippen LogP contribution in [0.15, 0.2) is 27.8 Å². The van der Waals surface area contributed by atoms with Crippen molar-refractivity contribution in [1.82, 2.24) is 0 Å². The molecule has 0 saturated carbocycles. The molecule has 5 nitrogen and oxygen atoms in total. The lowest BCUT2D eigenvalue weighted by Crippen LogP contribution is -2.42. The van der Waals surface area contributed by atoms with E-state index in [1.54, 1.807) is 0 Å². The van der Waals surface area contributed by atoms with Gasteiger partial charge in [-0.1, -0.05) is 40.0 Å². The first-order valence-electron chi connectivity index (χ1n) is 7.66. The summed E-state index contributed by atoms with van der Waals surface area (Å²) in [5, 5.41) is 3.16. The van der Waals surface area contributed by atoms with Crippen LogP contribution in [-0.2, 0) is 15.2 Å². The van der Waals surface area contributed by atoms with Crippen LogP contribution in [0, 0.1) is 6.92 Å². The number of benzene rings is 1. The van der Waals surface area contributed by atoms with Gasteiger partial charge in [0.1, 0.15) is 17.0 Å². The summed E-state index contributed by atoms with van der Waals surface area (Å²) in [5.41, 5.74) is -3.28. The summed E-state index contributed by atoms with van der Waals surface area (Å²) in [6.07, 6.45) is -5.59. The fourth-order valence-electron chi connectivity index (χ4n) is 2.76. The summed E-state index contributed by atoms with van der Waals surface area (Å²) < 4.78 is 52.0. The summed E-state index contributed by atoms with van der Waals surface area (Å²) in [6.45, 7) is 1.47. The van der Waals surface area contributed by atoms with E-state index < -0.39 is 24.2 Å². The molecule has 2 heterocycles. The molecule has 0 fully saturated rings. The lowest BCUT2D eigenvalue weighted by Gasteiger charge is -2.29. The zero-order valence-corrected chi connectivity index (χ0v) is 16.6. The number of oxime groups is 1. The standard InChI is InChI=1S/C17H11Cl3F3NO4/c1-7-9(15(25)26-2)5-13(27-7)12-6-16(28-24-12,17(21,22)23)8-3-10(18)14(20)11(19)4-8/h3-5H,6H2,1-2H3. The van der Waals surface area contributed by atoms with E-state index in [2.05, 4.69) is 9.89 Å². The topological polar surface area (TPSA) is 61.0 Å². The Hall–Kier alpha value is -1.90. The first kappa shape index (κ1) is 20.8. The number of esters is 1. The van der Waals surface area contributed by atoms with Crippen molar-refractivity contribution >= 4 is 46.5 Å². The smallest absolute Gasteiger partial charge is 0.435 e. The van der Waals surface area contributed by atoms with Crippen molar-refractivity contribution in [3.63, 3.8) is 0 Å². The van der Waals surface area contributed by atoms with Crippen molar-refractivity contribution in [1.29, 1.82) is 0 Å². The monoisotopic (exact) mass is 455 g/mol. The molecule has 0 aliphatic carbocycles. The van der Waals surface area contributed by atoms with Crippen LogP contribution in [0.1, 0.15) is 33.9 Å². The quantitative estimate of drug-likeness (QED) is 0.425. The highest BCUT2D eigenvalue weighted by atomic mass is 35.5. The Labute approximate surface area is 171 Å². The number of furan rings is 1. The lowest BCUT2D eigenvalue weighted by atomic mass is 9.87. The van der Waals surface area contributed by atoms with Gasteiger partial charge >= 0.3 is 12.1 Å². The second kappa shape index (κ2) is 7.17. The molecule has 1 atom stereocenters. The van der Waals surface area contributed by atoms with Crippen LogP contribution in [-0.4, -0.2) is 25.0 Å². The molecular weight excluding hydrogens is 446 g/mol. The third kappa shape index (κ3) is 3.33. The van der Waals surface area contributed by atoms with Gasteiger partial charge in [-0.25, -0.2) is 4.79 Å². The van der Waals surface area contributed by atoms with Gasteiger partial charge in [0.25, 0.3) is 5.60 Å². The van der Waals surface area contributed by atoms with E-state index in [1.165, 1.54) is 20.1 Å². The number of aryl methyl sites for hydroxylation is 1. The highest BCUT2D eigenvalue weighted by molar-refractivity contribution is 6.48. The molecule has 3 rings (SSSR count). The number of carbonyl (C=O) groups excluding carboxylic acids is 1. The van der Waals surface area contributed by atoms with Crippen molar-refractivity contribution in [2.75, 3.05) is 7.11 Å². The van der Waals surface area contributed by atoms with Gasteiger partial charge in [0.2, 0.25) is 0 Å². The molecule has 150 valence electrons. The Morgan fingerprint density at radius 2 is 1.82 bits per heavy atom. The number of rotatable bonds is 3. The number of nitrogens with zero attached hydrogens (tertiary/aromatic N) is 1. The van der Waals surface area contributed by atoms with Crippen LogP contribution < -0.4 is 0 Å². The van der Waals surface area contributed by atoms with Gasteiger partial charge < -0.3 is 14.0 Å². The summed E-state index contributed by atoms with van der Waals surface area (Å²) in [6, 6.07) is 3.29. The number of hydrogen-bond donors (Lipinski definition) is 0. The number of methoxy groups -OCH3 is 1. The van der Waals surface area contributed by atoms with E-state index in [9.17, 15) is 18.0 Å². The van der Waals surface area contributed by atoms with Crippen molar-refractivity contribution in [3.8, 4) is 0 Å². The average molecular weight is 457 g/mol. The fraction of sp³-hybridized carbons (Fsp3) is 0.294. The molecule has 1 aromatic heterocycles. The number of carbonyl (C=O) groups is 1. The first-order chi connectivity index (χ1) is 13.0. The van der Waals surface area contributed by atoms with Crippen LogP contribution in [0.25, 0.3) is 0 Å². The first-order valence-corrected chi connectivity index (χ1v) is 8.79. The van der Waals surface area contributed by atoms with E-state index in [-0.39, 0.29) is 43.4 Å². The van der Waals surface area contributed by atoms with Crippen LogP contribution in [0.5, 0.6) is 0 Å². The number of hydrogen-bond acceptors (Lipinski definition) is 5. The van der Waals surface area contributed by atoms with Gasteiger partial charge in [0.05, 0.1) is 28.6 Å². The maximum Gasteiger partial charge on any atom is 0.435 e. The van der Waals surface area contributed by atoms with Crippen LogP contribution in [0.3, 0.4) is 0 Å². The van der Waals surface area contributed by atoms with Crippen molar-refractivity contribution in [2.45, 2.75) is 25.1 Å². The Bertz CT molecular complexity index is 964. The molecule has 1 aliphatic heterocycles. The average Bonchev–Trinajstić information content (AvgIpc) is 3.23. The van der Waals surface area contributed by atoms with Crippen molar-refractivity contribution < 1.29 is 32.0 Å². The summed E-state index contributed by atoms with van der Waals surface area (Å²) in [4.78, 5) is 16.6. The lowest BCUT2D eigenvalue weighted by molar-refractivity contribution is -0.275. The maximum atomic E-state index is 14.0. The highest BCUT2D eigenvalue weighted by Crippen LogP contribution is 2.50. The maximum absolute atomic E-state index is 14.0. The van der Waals surface area contributed by atoms with Gasteiger partial charge in [0, 0.05) is 11.6 Å². The third-order valence-electron chi connectivity index (χ3n) is 4.24. The van der Waals surface area contributed by atoms with Crippen LogP contribution >= 0.6 is 34.8 Å². The second-order valence-corrected chi connectivity index (χ2v) is 7.15. The summed E-state index contributed by atoms with van der Waals surface area (Å²) in [7, 11) is 1.17. The van der Waals surface area contributed by atoms with E-state index in [4.69, 9.17) is 44.1 Å². The largest absolute Gasteiger partial charge is 0.465 e. The van der Waals surface area contributed by atoms with Crippen molar-refractivity contribution in [2.24, 2.45) is 5.16 Å². The molecule has 0 amide bonds. The Morgan fingerprint density at radius 1 is 1.21 bits per heavy atom. The molecular formula is C17H11Cl3F3NO4. The molecule has 0 bridgehead atoms. The third-order valence-corrected chi connectivity index (χ3v) is 5.44. The Kier molecular flexibility index (Phi) is 5.33. The fourth-order valence-corrected chi connectivity index (χ4v) is 3.36. The second-order valence-electron chi connectivity index (χ2n) is 5.96. The van der Waals surface area contributed by atoms with Gasteiger partial charge in [-0.05, 0) is 19.1 Å². The van der Waals surface area contributed by atoms with Gasteiger partial charge in [-0.2, -0.15) is 13.2 Å².